The van der Waals surface area contributed by atoms with Gasteiger partial charge in [-0.3, -0.25) is 14.4 Å². The smallest absolute Gasteiger partial charge is 0.310 e. The quantitative estimate of drug-likeness (QED) is 0.565. The van der Waals surface area contributed by atoms with Gasteiger partial charge in [-0.1, -0.05) is 43.3 Å². The van der Waals surface area contributed by atoms with Crippen LogP contribution in [-0.4, -0.2) is 69.8 Å². The molecule has 0 radical (unpaired) electrons. The third-order valence-corrected chi connectivity index (χ3v) is 8.14. The molecule has 35 heavy (non-hydrogen) atoms. The summed E-state index contributed by atoms with van der Waals surface area (Å²) in [6, 6.07) is 12.5. The summed E-state index contributed by atoms with van der Waals surface area (Å²) in [7, 11) is 0. The molecule has 2 unspecified atom stereocenters. The Morgan fingerprint density at radius 1 is 1.23 bits per heavy atom. The molecule has 2 N–H and O–H groups in total. The number of benzene rings is 2. The number of aliphatic carboxylic acids is 1. The molecule has 2 bridgehead atoms. The lowest BCUT2D eigenvalue weighted by Crippen LogP contribution is -2.56. The van der Waals surface area contributed by atoms with Gasteiger partial charge in [0, 0.05) is 18.8 Å². The number of rotatable bonds is 8. The Hall–Kier alpha value is -3.23. The Morgan fingerprint density at radius 2 is 1.97 bits per heavy atom. The van der Waals surface area contributed by atoms with E-state index in [1.807, 2.05) is 49.4 Å². The highest BCUT2D eigenvalue weighted by Gasteiger charge is 2.79. The van der Waals surface area contributed by atoms with Crippen LogP contribution in [-0.2, 0) is 19.1 Å². The number of hydrogen-bond donors (Lipinski definition) is 2. The van der Waals surface area contributed by atoms with Gasteiger partial charge in [0.05, 0.1) is 18.1 Å². The molecule has 3 saturated heterocycles. The van der Waals surface area contributed by atoms with Crippen molar-refractivity contribution in [3.05, 3.63) is 55.1 Å². The molecule has 3 aliphatic heterocycles. The van der Waals surface area contributed by atoms with Gasteiger partial charge < -0.3 is 24.7 Å². The molecule has 1 spiro atoms. The van der Waals surface area contributed by atoms with Crippen LogP contribution in [0.5, 0.6) is 0 Å². The summed E-state index contributed by atoms with van der Waals surface area (Å²) in [5, 5.41) is 21.8. The molecular weight excluding hydrogens is 448 g/mol. The summed E-state index contributed by atoms with van der Waals surface area (Å²) < 4.78 is 6.51. The third-order valence-electron chi connectivity index (χ3n) is 8.14. The lowest BCUT2D eigenvalue weighted by atomic mass is 9.65. The largest absolute Gasteiger partial charge is 0.481 e. The number of aliphatic hydroxyl groups excluding tert-OH is 1. The fourth-order valence-corrected chi connectivity index (χ4v) is 6.66. The van der Waals surface area contributed by atoms with Gasteiger partial charge in [-0.2, -0.15) is 0 Å². The first-order valence-corrected chi connectivity index (χ1v) is 12.1. The zero-order valence-corrected chi connectivity index (χ0v) is 19.7. The number of aliphatic hydroxyl groups is 1. The van der Waals surface area contributed by atoms with Gasteiger partial charge in [-0.25, -0.2) is 0 Å². The number of ether oxygens (including phenoxy) is 1. The number of anilines is 1. The van der Waals surface area contributed by atoms with Gasteiger partial charge in [0.2, 0.25) is 5.91 Å². The van der Waals surface area contributed by atoms with Crippen LogP contribution in [0.4, 0.5) is 5.69 Å². The molecule has 2 aromatic rings. The third kappa shape index (κ3) is 3.23. The van der Waals surface area contributed by atoms with Gasteiger partial charge in [0.25, 0.3) is 5.91 Å². The maximum absolute atomic E-state index is 14.3. The Bertz CT molecular complexity index is 1210. The highest BCUT2D eigenvalue weighted by Crippen LogP contribution is 2.64. The van der Waals surface area contributed by atoms with Crippen LogP contribution in [0.2, 0.25) is 0 Å². The number of amides is 2. The summed E-state index contributed by atoms with van der Waals surface area (Å²) in [6.45, 7) is 5.48. The van der Waals surface area contributed by atoms with Crippen molar-refractivity contribution in [1.82, 2.24) is 4.90 Å². The SMILES string of the molecule is C=CCN(C(=O)C1N(CCO)C(=O)[C@@H]2[C@H](C(=O)O)[C@]3(CC)CCC12O3)c1ccc2ccccc2c1. The van der Waals surface area contributed by atoms with E-state index in [-0.39, 0.29) is 25.6 Å². The van der Waals surface area contributed by atoms with Crippen molar-refractivity contribution in [3.8, 4) is 0 Å². The van der Waals surface area contributed by atoms with Crippen molar-refractivity contribution < 1.29 is 29.3 Å². The molecule has 8 nitrogen and oxygen atoms in total. The standard InChI is InChI=1S/C27H30N2O6/c1-3-13-28(19-10-9-17-7-5-6-8-18(17)16-19)24(32)22-27-12-11-26(4-2,35-27)21(25(33)34)20(27)23(31)29(22)14-15-30/h3,5-10,16,20-22,30H,1,4,11-15H2,2H3,(H,33,34)/t20-,21+,22?,26-,27?/m0/s1. The molecule has 2 amide bonds. The van der Waals surface area contributed by atoms with Gasteiger partial charge in [-0.15, -0.1) is 6.58 Å². The number of likely N-dealkylation sites (tertiary alicyclic amines) is 1. The fraction of sp³-hybridized carbons (Fsp3) is 0.444. The molecule has 3 fully saturated rings. The molecule has 5 rings (SSSR count). The topological polar surface area (TPSA) is 107 Å². The molecule has 0 saturated carbocycles. The molecule has 3 aliphatic rings. The molecule has 8 heteroatoms. The van der Waals surface area contributed by atoms with E-state index in [1.54, 1.807) is 11.0 Å². The highest BCUT2D eigenvalue weighted by molar-refractivity contribution is 6.05. The normalized spacial score (nSPS) is 31.1. The van der Waals surface area contributed by atoms with Crippen LogP contribution in [0.15, 0.2) is 55.1 Å². The summed E-state index contributed by atoms with van der Waals surface area (Å²) in [4.78, 5) is 43.2. The maximum Gasteiger partial charge on any atom is 0.310 e. The van der Waals surface area contributed by atoms with Crippen molar-refractivity contribution in [2.45, 2.75) is 43.4 Å². The molecular formula is C27H30N2O6. The van der Waals surface area contributed by atoms with Crippen LogP contribution >= 0.6 is 0 Å². The first kappa shape index (κ1) is 23.5. The second kappa shape index (κ2) is 8.46. The van der Waals surface area contributed by atoms with Crippen molar-refractivity contribution in [2.24, 2.45) is 11.8 Å². The van der Waals surface area contributed by atoms with Gasteiger partial charge in [0.1, 0.15) is 17.6 Å². The lowest BCUT2D eigenvalue weighted by molar-refractivity contribution is -0.155. The average Bonchev–Trinajstić information content (AvgIpc) is 3.46. The first-order valence-electron chi connectivity index (χ1n) is 12.1. The van der Waals surface area contributed by atoms with Gasteiger partial charge in [-0.05, 0) is 42.2 Å². The van der Waals surface area contributed by atoms with Gasteiger partial charge in [0.15, 0.2) is 0 Å². The van der Waals surface area contributed by atoms with Crippen LogP contribution in [0.25, 0.3) is 10.8 Å². The van der Waals surface area contributed by atoms with Crippen LogP contribution in [0.1, 0.15) is 26.2 Å². The minimum Gasteiger partial charge on any atom is -0.481 e. The Balaban J connectivity index is 1.61. The van der Waals surface area contributed by atoms with Crippen molar-refractivity contribution in [3.63, 3.8) is 0 Å². The summed E-state index contributed by atoms with van der Waals surface area (Å²) >= 11 is 0. The van der Waals surface area contributed by atoms with E-state index in [2.05, 4.69) is 6.58 Å². The number of fused-ring (bicyclic) bond motifs is 2. The number of carboxylic acid groups (broad SMARTS) is 1. The molecule has 3 heterocycles. The van der Waals surface area contributed by atoms with E-state index in [4.69, 9.17) is 4.74 Å². The average molecular weight is 479 g/mol. The fourth-order valence-electron chi connectivity index (χ4n) is 6.66. The molecule has 2 aromatic carbocycles. The number of carbonyl (C=O) groups is 3. The number of hydrogen-bond acceptors (Lipinski definition) is 5. The second-order valence-corrected chi connectivity index (χ2v) is 9.70. The summed E-state index contributed by atoms with van der Waals surface area (Å²) in [5.41, 5.74) is -1.56. The Labute approximate surface area is 203 Å². The molecule has 0 aliphatic carbocycles. The number of carboxylic acids is 1. The van der Waals surface area contributed by atoms with Crippen molar-refractivity contribution in [2.75, 3.05) is 24.6 Å². The Morgan fingerprint density at radius 3 is 2.63 bits per heavy atom. The Kier molecular flexibility index (Phi) is 5.68. The molecule has 0 aromatic heterocycles. The van der Waals surface area contributed by atoms with Crippen LogP contribution < -0.4 is 4.90 Å². The maximum atomic E-state index is 14.3. The zero-order valence-electron chi connectivity index (χ0n) is 19.7. The van der Waals surface area contributed by atoms with E-state index in [9.17, 15) is 24.6 Å². The van der Waals surface area contributed by atoms with Gasteiger partial charge >= 0.3 is 5.97 Å². The minimum atomic E-state index is -1.24. The minimum absolute atomic E-state index is 0.0675. The first-order chi connectivity index (χ1) is 16.8. The summed E-state index contributed by atoms with van der Waals surface area (Å²) in [6.07, 6.45) is 2.95. The second-order valence-electron chi connectivity index (χ2n) is 9.70. The molecule has 5 atom stereocenters. The zero-order chi connectivity index (χ0) is 25.0. The van der Waals surface area contributed by atoms with E-state index in [1.165, 1.54) is 4.90 Å². The van der Waals surface area contributed by atoms with Crippen molar-refractivity contribution >= 4 is 34.2 Å². The predicted molar refractivity (Wildman–Crippen MR) is 130 cm³/mol. The number of carbonyl (C=O) groups excluding carboxylic acids is 2. The number of β-amino-alcohol motifs (C(OH)–C–C–N with tert-alkyl or cyclic N) is 1. The van der Waals surface area contributed by atoms with Crippen molar-refractivity contribution in [1.29, 1.82) is 0 Å². The van der Waals surface area contributed by atoms with E-state index >= 15 is 0 Å². The van der Waals surface area contributed by atoms with E-state index in [0.29, 0.717) is 24.9 Å². The summed E-state index contributed by atoms with van der Waals surface area (Å²) in [5.74, 6) is -3.86. The van der Waals surface area contributed by atoms with Crippen LogP contribution in [0.3, 0.4) is 0 Å². The predicted octanol–water partition coefficient (Wildman–Crippen LogP) is 2.59. The van der Waals surface area contributed by atoms with E-state index in [0.717, 1.165) is 10.8 Å². The monoisotopic (exact) mass is 478 g/mol. The van der Waals surface area contributed by atoms with Crippen LogP contribution in [0, 0.1) is 11.8 Å². The van der Waals surface area contributed by atoms with E-state index < -0.39 is 41.0 Å². The molecule has 184 valence electrons. The highest BCUT2D eigenvalue weighted by atomic mass is 16.5. The number of nitrogens with zero attached hydrogens (tertiary/aromatic N) is 2. The lowest BCUT2D eigenvalue weighted by Gasteiger charge is -2.36.